The Balaban J connectivity index is 2.44. The first kappa shape index (κ1) is 18.9. The molecule has 0 fully saturated rings. The van der Waals surface area contributed by atoms with Gasteiger partial charge in [-0.1, -0.05) is 22.8 Å². The molecule has 2 amide bonds. The Morgan fingerprint density at radius 3 is 2.68 bits per heavy atom. The van der Waals surface area contributed by atoms with E-state index in [0.29, 0.717) is 13.1 Å². The normalized spacial score (nSPS) is 10.6. The summed E-state index contributed by atoms with van der Waals surface area (Å²) in [6.07, 6.45) is 0. The van der Waals surface area contributed by atoms with Gasteiger partial charge >= 0.3 is 0 Å². The van der Waals surface area contributed by atoms with E-state index in [1.807, 2.05) is 0 Å². The van der Waals surface area contributed by atoms with Crippen LogP contribution in [0.25, 0.3) is 11.3 Å². The smallest absolute Gasteiger partial charge is 0.260 e. The van der Waals surface area contributed by atoms with Crippen molar-refractivity contribution in [3.8, 4) is 11.3 Å². The lowest BCUT2D eigenvalue weighted by molar-refractivity contribution is -0.121. The van der Waals surface area contributed by atoms with E-state index < -0.39 is 11.7 Å². The molecule has 2 aromatic rings. The number of likely N-dealkylation sites (N-methyl/N-ethyl adjacent to an activating group) is 2. The summed E-state index contributed by atoms with van der Waals surface area (Å²) in [5.41, 5.74) is 0.122. The molecule has 1 N–H and O–H groups in total. The maximum absolute atomic E-state index is 14.2. The zero-order valence-corrected chi connectivity index (χ0v) is 15.0. The molecule has 1 aromatic heterocycles. The molecule has 0 aliphatic heterocycles. The van der Waals surface area contributed by atoms with Gasteiger partial charge in [0.2, 0.25) is 5.91 Å². The Labute approximate surface area is 149 Å². The van der Waals surface area contributed by atoms with E-state index in [9.17, 15) is 14.0 Å². The summed E-state index contributed by atoms with van der Waals surface area (Å²) in [5.74, 6) is -1.13. The fourth-order valence-electron chi connectivity index (χ4n) is 2.43. The summed E-state index contributed by atoms with van der Waals surface area (Å²) in [6, 6.07) is 4.19. The van der Waals surface area contributed by atoms with Gasteiger partial charge < -0.3 is 14.7 Å². The van der Waals surface area contributed by atoms with Gasteiger partial charge in [0.15, 0.2) is 0 Å². The molecule has 0 aliphatic rings. The highest BCUT2D eigenvalue weighted by molar-refractivity contribution is 6.33. The molecule has 134 valence electrons. The van der Waals surface area contributed by atoms with Gasteiger partial charge in [-0.05, 0) is 32.9 Å². The summed E-state index contributed by atoms with van der Waals surface area (Å²) in [7, 11) is 0. The third-order valence-electron chi connectivity index (χ3n) is 3.65. The molecule has 1 aromatic carbocycles. The Kier molecular flexibility index (Phi) is 6.14. The second kappa shape index (κ2) is 8.11. The Bertz CT molecular complexity index is 771. The third kappa shape index (κ3) is 3.99. The first-order valence-corrected chi connectivity index (χ1v) is 8.25. The first-order valence-electron chi connectivity index (χ1n) is 7.87. The predicted molar refractivity (Wildman–Crippen MR) is 91.9 cm³/mol. The van der Waals surface area contributed by atoms with Crippen molar-refractivity contribution in [3.63, 3.8) is 0 Å². The fourth-order valence-corrected chi connectivity index (χ4v) is 2.68. The molecule has 0 spiro atoms. The van der Waals surface area contributed by atoms with Gasteiger partial charge in [0.1, 0.15) is 22.8 Å². The molecule has 0 radical (unpaired) electrons. The average Bonchev–Trinajstić information content (AvgIpc) is 2.93. The van der Waals surface area contributed by atoms with Gasteiger partial charge in [0.25, 0.3) is 5.91 Å². The molecule has 0 bridgehead atoms. The topological polar surface area (TPSA) is 75.4 Å². The van der Waals surface area contributed by atoms with Gasteiger partial charge in [-0.3, -0.25) is 9.59 Å². The summed E-state index contributed by atoms with van der Waals surface area (Å²) in [6.45, 7) is 5.74. The van der Waals surface area contributed by atoms with Crippen molar-refractivity contribution in [2.24, 2.45) is 0 Å². The highest BCUT2D eigenvalue weighted by atomic mass is 35.5. The third-order valence-corrected chi connectivity index (χ3v) is 3.97. The molecule has 0 saturated heterocycles. The largest absolute Gasteiger partial charge is 0.360 e. The lowest BCUT2D eigenvalue weighted by Crippen LogP contribution is -2.40. The lowest BCUT2D eigenvalue weighted by Gasteiger charge is -2.20. The summed E-state index contributed by atoms with van der Waals surface area (Å²) < 4.78 is 19.3. The van der Waals surface area contributed by atoms with Crippen LogP contribution in [0, 0.1) is 12.7 Å². The van der Waals surface area contributed by atoms with E-state index in [-0.39, 0.29) is 40.1 Å². The molecule has 0 atom stereocenters. The molecule has 6 nitrogen and oxygen atoms in total. The zero-order valence-electron chi connectivity index (χ0n) is 14.2. The minimum Gasteiger partial charge on any atom is -0.360 e. The number of hydrogen-bond acceptors (Lipinski definition) is 4. The standard InChI is InChI=1S/C17H19ClFN3O3/c1-4-20-13(23)9-22(5-2)17(24)14-10(3)25-21-16(14)15-11(18)7-6-8-12(15)19/h6-8H,4-5,9H2,1-3H3,(H,20,23). The fraction of sp³-hybridized carbons (Fsp3) is 0.353. The van der Waals surface area contributed by atoms with Crippen LogP contribution in [0.1, 0.15) is 30.0 Å². The number of aryl methyl sites for hydroxylation is 1. The van der Waals surface area contributed by atoms with Crippen molar-refractivity contribution < 1.29 is 18.5 Å². The van der Waals surface area contributed by atoms with Gasteiger partial charge in [-0.15, -0.1) is 0 Å². The molecule has 2 rings (SSSR count). The Hall–Kier alpha value is -2.41. The number of carbonyl (C=O) groups is 2. The zero-order chi connectivity index (χ0) is 18.6. The molecule has 0 saturated carbocycles. The minimum absolute atomic E-state index is 0.00145. The molecule has 1 heterocycles. The second-order valence-electron chi connectivity index (χ2n) is 5.33. The van der Waals surface area contributed by atoms with Gasteiger partial charge in [0, 0.05) is 13.1 Å². The Morgan fingerprint density at radius 2 is 2.08 bits per heavy atom. The maximum atomic E-state index is 14.2. The molecular formula is C17H19ClFN3O3. The van der Waals surface area contributed by atoms with E-state index in [2.05, 4.69) is 10.5 Å². The van der Waals surface area contributed by atoms with Crippen LogP contribution in [0.4, 0.5) is 4.39 Å². The van der Waals surface area contributed by atoms with Crippen LogP contribution in [-0.2, 0) is 4.79 Å². The van der Waals surface area contributed by atoms with Gasteiger partial charge in [-0.25, -0.2) is 4.39 Å². The maximum Gasteiger partial charge on any atom is 0.260 e. The van der Waals surface area contributed by atoms with Gasteiger partial charge in [0.05, 0.1) is 17.1 Å². The van der Waals surface area contributed by atoms with Crippen molar-refractivity contribution in [2.45, 2.75) is 20.8 Å². The van der Waals surface area contributed by atoms with Crippen molar-refractivity contribution >= 4 is 23.4 Å². The SMILES string of the molecule is CCNC(=O)CN(CC)C(=O)c1c(-c2c(F)cccc2Cl)noc1C. The monoisotopic (exact) mass is 367 g/mol. The van der Waals surface area contributed by atoms with Crippen LogP contribution in [-0.4, -0.2) is 41.5 Å². The number of nitrogens with one attached hydrogen (secondary N) is 1. The highest BCUT2D eigenvalue weighted by Crippen LogP contribution is 2.33. The highest BCUT2D eigenvalue weighted by Gasteiger charge is 2.28. The van der Waals surface area contributed by atoms with E-state index in [4.69, 9.17) is 16.1 Å². The van der Waals surface area contributed by atoms with E-state index >= 15 is 0 Å². The first-order chi connectivity index (χ1) is 11.9. The number of benzene rings is 1. The van der Waals surface area contributed by atoms with Crippen LogP contribution < -0.4 is 5.32 Å². The molecule has 8 heteroatoms. The molecule has 0 unspecified atom stereocenters. The number of halogens is 2. The van der Waals surface area contributed by atoms with Crippen molar-refractivity contribution in [2.75, 3.05) is 19.6 Å². The van der Waals surface area contributed by atoms with Crippen LogP contribution in [0.15, 0.2) is 22.7 Å². The number of carbonyl (C=O) groups excluding carboxylic acids is 2. The minimum atomic E-state index is -0.610. The number of rotatable bonds is 6. The average molecular weight is 368 g/mol. The number of aromatic nitrogens is 1. The number of nitrogens with zero attached hydrogens (tertiary/aromatic N) is 2. The van der Waals surface area contributed by atoms with Crippen LogP contribution >= 0.6 is 11.6 Å². The Morgan fingerprint density at radius 1 is 1.36 bits per heavy atom. The van der Waals surface area contributed by atoms with Gasteiger partial charge in [-0.2, -0.15) is 0 Å². The van der Waals surface area contributed by atoms with Crippen LogP contribution in [0.5, 0.6) is 0 Å². The van der Waals surface area contributed by atoms with Crippen LogP contribution in [0.2, 0.25) is 5.02 Å². The van der Waals surface area contributed by atoms with E-state index in [0.717, 1.165) is 0 Å². The van der Waals surface area contributed by atoms with E-state index in [1.54, 1.807) is 20.8 Å². The van der Waals surface area contributed by atoms with Crippen molar-refractivity contribution in [1.82, 2.24) is 15.4 Å². The summed E-state index contributed by atoms with van der Waals surface area (Å²) in [5, 5.41) is 6.57. The number of hydrogen-bond donors (Lipinski definition) is 1. The second-order valence-corrected chi connectivity index (χ2v) is 5.74. The molecule has 25 heavy (non-hydrogen) atoms. The number of amides is 2. The summed E-state index contributed by atoms with van der Waals surface area (Å²) in [4.78, 5) is 26.0. The lowest BCUT2D eigenvalue weighted by atomic mass is 10.0. The molecule has 0 aliphatic carbocycles. The summed E-state index contributed by atoms with van der Waals surface area (Å²) >= 11 is 6.08. The molecular weight excluding hydrogens is 349 g/mol. The quantitative estimate of drug-likeness (QED) is 0.851. The van der Waals surface area contributed by atoms with Crippen molar-refractivity contribution in [3.05, 3.63) is 40.4 Å². The van der Waals surface area contributed by atoms with E-state index in [1.165, 1.54) is 23.1 Å². The van der Waals surface area contributed by atoms with Crippen molar-refractivity contribution in [1.29, 1.82) is 0 Å². The predicted octanol–water partition coefficient (Wildman–Crippen LogP) is 3.04. The van der Waals surface area contributed by atoms with Crippen LogP contribution in [0.3, 0.4) is 0 Å².